The maximum Gasteiger partial charge on any atom is 0.265 e. The van der Waals surface area contributed by atoms with Crippen LogP contribution in [0.25, 0.3) is 0 Å². The molecule has 0 N–H and O–H groups in total. The number of benzene rings is 2. The average molecular weight is 428 g/mol. The molecule has 9 heteroatoms. The minimum Gasteiger partial charge on any atom is -0.485 e. The normalized spacial score (nSPS) is 15.8. The highest BCUT2D eigenvalue weighted by atomic mass is 19.1. The molecule has 0 atom stereocenters. The zero-order chi connectivity index (χ0) is 21.8. The number of hydrogen-bond acceptors (Lipinski definition) is 6. The van der Waals surface area contributed by atoms with Crippen LogP contribution in [0.1, 0.15) is 10.4 Å². The Bertz CT molecular complexity index is 1010. The highest BCUT2D eigenvalue weighted by Gasteiger charge is 2.30. The summed E-state index contributed by atoms with van der Waals surface area (Å²) in [4.78, 5) is 40.7. The predicted molar refractivity (Wildman–Crippen MR) is 108 cm³/mol. The van der Waals surface area contributed by atoms with Crippen LogP contribution in [0.5, 0.6) is 11.5 Å². The number of amides is 2. The van der Waals surface area contributed by atoms with Gasteiger partial charge in [0.25, 0.3) is 5.91 Å². The van der Waals surface area contributed by atoms with E-state index in [0.717, 1.165) is 0 Å². The number of ketones is 1. The molecule has 162 valence electrons. The molecule has 2 aromatic rings. The summed E-state index contributed by atoms with van der Waals surface area (Å²) in [6.45, 7) is 1.24. The zero-order valence-corrected chi connectivity index (χ0v) is 16.7. The van der Waals surface area contributed by atoms with Crippen molar-refractivity contribution in [3.05, 3.63) is 53.8 Å². The number of ether oxygens (including phenoxy) is 3. The van der Waals surface area contributed by atoms with E-state index in [1.807, 2.05) is 0 Å². The van der Waals surface area contributed by atoms with E-state index in [1.165, 1.54) is 29.2 Å². The topological polar surface area (TPSA) is 85.4 Å². The Morgan fingerprint density at radius 2 is 1.90 bits per heavy atom. The number of fused-ring (bicyclic) bond motifs is 1. The molecule has 0 spiro atoms. The quantitative estimate of drug-likeness (QED) is 0.651. The molecule has 2 heterocycles. The third kappa shape index (κ3) is 4.83. The Morgan fingerprint density at radius 1 is 1.10 bits per heavy atom. The van der Waals surface area contributed by atoms with Crippen molar-refractivity contribution in [2.75, 3.05) is 51.0 Å². The lowest BCUT2D eigenvalue weighted by atomic mass is 10.1. The number of carbonyl (C=O) groups excluding carboxylic acids is 3. The number of nitrogens with zero attached hydrogens (tertiary/aromatic N) is 2. The Kier molecular flexibility index (Phi) is 6.13. The van der Waals surface area contributed by atoms with Crippen LogP contribution in [-0.4, -0.2) is 68.6 Å². The van der Waals surface area contributed by atoms with E-state index >= 15 is 0 Å². The zero-order valence-electron chi connectivity index (χ0n) is 16.7. The molecule has 0 aliphatic carbocycles. The van der Waals surface area contributed by atoms with E-state index in [0.29, 0.717) is 37.7 Å². The molecule has 2 aliphatic rings. The minimum absolute atomic E-state index is 0.146. The first-order valence-electron chi connectivity index (χ1n) is 9.85. The van der Waals surface area contributed by atoms with Crippen molar-refractivity contribution in [2.24, 2.45) is 0 Å². The van der Waals surface area contributed by atoms with Gasteiger partial charge in [0.1, 0.15) is 23.9 Å². The van der Waals surface area contributed by atoms with Gasteiger partial charge in [-0.05, 0) is 30.3 Å². The van der Waals surface area contributed by atoms with Crippen molar-refractivity contribution in [3.63, 3.8) is 0 Å². The fraction of sp³-hybridized carbons (Fsp3) is 0.318. The number of rotatable bonds is 6. The molecule has 0 saturated carbocycles. The largest absolute Gasteiger partial charge is 0.485 e. The number of carbonyl (C=O) groups is 3. The molecule has 0 radical (unpaired) electrons. The molecule has 4 rings (SSSR count). The van der Waals surface area contributed by atoms with E-state index in [1.54, 1.807) is 23.1 Å². The van der Waals surface area contributed by atoms with Gasteiger partial charge in [0.05, 0.1) is 18.9 Å². The van der Waals surface area contributed by atoms with Crippen LogP contribution in [0, 0.1) is 5.82 Å². The van der Waals surface area contributed by atoms with Crippen LogP contribution in [0.15, 0.2) is 42.5 Å². The second-order valence-corrected chi connectivity index (χ2v) is 7.11. The maximum atomic E-state index is 13.3. The van der Waals surface area contributed by atoms with Crippen molar-refractivity contribution in [2.45, 2.75) is 0 Å². The highest BCUT2D eigenvalue weighted by Crippen LogP contribution is 2.33. The molecule has 1 fully saturated rings. The van der Waals surface area contributed by atoms with Crippen LogP contribution in [0.4, 0.5) is 10.1 Å². The standard InChI is InChI=1S/C22H21FN2O6/c23-16-2-1-3-17(11-16)30-13-19(26)15-4-5-20-18(10-15)25(22(28)14-31-20)12-21(27)24-6-8-29-9-7-24/h1-5,10-11H,6-9,12-14H2. The molecule has 0 unspecified atom stereocenters. The van der Waals surface area contributed by atoms with Crippen LogP contribution in [-0.2, 0) is 14.3 Å². The number of hydrogen-bond donors (Lipinski definition) is 0. The van der Waals surface area contributed by atoms with Gasteiger partial charge >= 0.3 is 0 Å². The molecule has 1 saturated heterocycles. The first kappa shape index (κ1) is 20.8. The van der Waals surface area contributed by atoms with Gasteiger partial charge in [-0.3, -0.25) is 19.3 Å². The number of halogens is 1. The van der Waals surface area contributed by atoms with Crippen LogP contribution >= 0.6 is 0 Å². The molecule has 0 bridgehead atoms. The van der Waals surface area contributed by atoms with Gasteiger partial charge in [0.15, 0.2) is 19.0 Å². The molecule has 2 amide bonds. The van der Waals surface area contributed by atoms with Crippen molar-refractivity contribution in [1.82, 2.24) is 4.90 Å². The molecule has 2 aliphatic heterocycles. The van der Waals surface area contributed by atoms with E-state index in [-0.39, 0.29) is 48.7 Å². The molecule has 2 aromatic carbocycles. The molecule has 31 heavy (non-hydrogen) atoms. The average Bonchev–Trinajstić information content (AvgIpc) is 2.79. The number of morpholine rings is 1. The third-order valence-corrected chi connectivity index (χ3v) is 5.05. The summed E-state index contributed by atoms with van der Waals surface area (Å²) in [7, 11) is 0. The third-order valence-electron chi connectivity index (χ3n) is 5.05. The fourth-order valence-electron chi connectivity index (χ4n) is 3.39. The molecular weight excluding hydrogens is 407 g/mol. The smallest absolute Gasteiger partial charge is 0.265 e. The summed E-state index contributed by atoms with van der Waals surface area (Å²) >= 11 is 0. The monoisotopic (exact) mass is 428 g/mol. The van der Waals surface area contributed by atoms with Crippen LogP contribution in [0.3, 0.4) is 0 Å². The fourth-order valence-corrected chi connectivity index (χ4v) is 3.39. The van der Waals surface area contributed by atoms with Gasteiger partial charge < -0.3 is 19.1 Å². The van der Waals surface area contributed by atoms with Crippen molar-refractivity contribution in [1.29, 1.82) is 0 Å². The van der Waals surface area contributed by atoms with Gasteiger partial charge in [-0.25, -0.2) is 4.39 Å². The van der Waals surface area contributed by atoms with Gasteiger partial charge in [0, 0.05) is 24.7 Å². The Labute approximate surface area is 178 Å². The lowest BCUT2D eigenvalue weighted by molar-refractivity contribution is -0.135. The Balaban J connectivity index is 1.49. The van der Waals surface area contributed by atoms with E-state index in [4.69, 9.17) is 14.2 Å². The number of Topliss-reactive ketones (excluding diaryl/α,β-unsaturated/α-hetero) is 1. The van der Waals surface area contributed by atoms with Crippen molar-refractivity contribution >= 4 is 23.3 Å². The van der Waals surface area contributed by atoms with Crippen LogP contribution < -0.4 is 14.4 Å². The predicted octanol–water partition coefficient (Wildman–Crippen LogP) is 1.67. The SMILES string of the molecule is O=C(COc1cccc(F)c1)c1ccc2c(c1)N(CC(=O)N1CCOCC1)C(=O)CO2. The second kappa shape index (κ2) is 9.13. The van der Waals surface area contributed by atoms with E-state index in [2.05, 4.69) is 0 Å². The molecular formula is C22H21FN2O6. The molecule has 8 nitrogen and oxygen atoms in total. The van der Waals surface area contributed by atoms with Gasteiger partial charge in [-0.2, -0.15) is 0 Å². The first-order chi connectivity index (χ1) is 15.0. The summed E-state index contributed by atoms with van der Waals surface area (Å²) < 4.78 is 29.3. The highest BCUT2D eigenvalue weighted by molar-refractivity contribution is 6.04. The Hall–Kier alpha value is -3.46. The van der Waals surface area contributed by atoms with E-state index in [9.17, 15) is 18.8 Å². The summed E-state index contributed by atoms with van der Waals surface area (Å²) in [5, 5.41) is 0. The van der Waals surface area contributed by atoms with Crippen molar-refractivity contribution < 1.29 is 33.0 Å². The van der Waals surface area contributed by atoms with E-state index < -0.39 is 5.82 Å². The lowest BCUT2D eigenvalue weighted by Gasteiger charge is -2.32. The van der Waals surface area contributed by atoms with Gasteiger partial charge in [-0.1, -0.05) is 6.07 Å². The summed E-state index contributed by atoms with van der Waals surface area (Å²) in [5.74, 6) is -0.732. The summed E-state index contributed by atoms with van der Waals surface area (Å²) in [5.41, 5.74) is 0.645. The first-order valence-corrected chi connectivity index (χ1v) is 9.85. The van der Waals surface area contributed by atoms with Gasteiger partial charge in [0.2, 0.25) is 5.91 Å². The second-order valence-electron chi connectivity index (χ2n) is 7.11. The van der Waals surface area contributed by atoms with Crippen LogP contribution in [0.2, 0.25) is 0 Å². The summed E-state index contributed by atoms with van der Waals surface area (Å²) in [6.07, 6.45) is 0. The van der Waals surface area contributed by atoms with Crippen molar-refractivity contribution in [3.8, 4) is 11.5 Å². The minimum atomic E-state index is -0.463. The maximum absolute atomic E-state index is 13.3. The van der Waals surface area contributed by atoms with Gasteiger partial charge in [-0.15, -0.1) is 0 Å². The molecule has 0 aromatic heterocycles. The summed E-state index contributed by atoms with van der Waals surface area (Å²) in [6, 6.07) is 10.2. The lowest BCUT2D eigenvalue weighted by Crippen LogP contribution is -2.49. The Morgan fingerprint density at radius 3 is 2.68 bits per heavy atom. The number of anilines is 1.